The number of nitrogens with one attached hydrogen (secondary N) is 2. The molecule has 29 heavy (non-hydrogen) atoms. The second-order valence-electron chi connectivity index (χ2n) is 9.15. The molecule has 0 fully saturated rings. The lowest BCUT2D eigenvalue weighted by atomic mass is 9.74. The van der Waals surface area contributed by atoms with Crippen LogP contribution in [0.1, 0.15) is 63.0 Å². The van der Waals surface area contributed by atoms with Crippen molar-refractivity contribution in [2.45, 2.75) is 52.4 Å². The number of tetrazole rings is 1. The average Bonchev–Trinajstić information content (AvgIpc) is 3.15. The molecule has 152 valence electrons. The highest BCUT2D eigenvalue weighted by Crippen LogP contribution is 2.43. The summed E-state index contributed by atoms with van der Waals surface area (Å²) in [6.45, 7) is 12.4. The van der Waals surface area contributed by atoms with Crippen LogP contribution in [0.25, 0.3) is 11.4 Å². The molecule has 7 heteroatoms. The number of amides is 1. The molecule has 1 amide bonds. The van der Waals surface area contributed by atoms with Crippen LogP contribution in [0.4, 0.5) is 5.69 Å². The number of aromatic nitrogens is 4. The van der Waals surface area contributed by atoms with Gasteiger partial charge in [-0.3, -0.25) is 4.79 Å². The summed E-state index contributed by atoms with van der Waals surface area (Å²) >= 11 is 0. The first-order chi connectivity index (χ1) is 13.5. The predicted octanol–water partition coefficient (Wildman–Crippen LogP) is 4.42. The van der Waals surface area contributed by atoms with Gasteiger partial charge in [0.05, 0.1) is 0 Å². The monoisotopic (exact) mass is 393 g/mol. The van der Waals surface area contributed by atoms with E-state index in [-0.39, 0.29) is 22.5 Å². The lowest BCUT2D eigenvalue weighted by Crippen LogP contribution is -2.25. The summed E-state index contributed by atoms with van der Waals surface area (Å²) in [6.07, 6.45) is 0. The van der Waals surface area contributed by atoms with E-state index in [2.05, 4.69) is 67.5 Å². The number of phenols is 1. The number of carbonyl (C=O) groups excluding carboxylic acids is 1. The number of anilines is 1. The van der Waals surface area contributed by atoms with Gasteiger partial charge in [-0.1, -0.05) is 53.7 Å². The van der Waals surface area contributed by atoms with E-state index in [0.717, 1.165) is 16.7 Å². The summed E-state index contributed by atoms with van der Waals surface area (Å²) in [6, 6.07) is 10.4. The molecule has 0 aliphatic rings. The summed E-state index contributed by atoms with van der Waals surface area (Å²) in [5, 5.41) is 27.4. The summed E-state index contributed by atoms with van der Waals surface area (Å²) < 4.78 is 0. The van der Waals surface area contributed by atoms with Gasteiger partial charge in [0.15, 0.2) is 0 Å². The van der Waals surface area contributed by atoms with Crippen molar-refractivity contribution in [1.29, 1.82) is 0 Å². The van der Waals surface area contributed by atoms with Crippen LogP contribution < -0.4 is 5.32 Å². The molecule has 7 nitrogen and oxygen atoms in total. The molecule has 0 spiro atoms. The Morgan fingerprint density at radius 3 is 2.07 bits per heavy atom. The highest BCUT2D eigenvalue weighted by molar-refractivity contribution is 6.05. The number of hydrogen-bond donors (Lipinski definition) is 3. The van der Waals surface area contributed by atoms with Gasteiger partial charge < -0.3 is 10.4 Å². The van der Waals surface area contributed by atoms with Crippen LogP contribution in [-0.4, -0.2) is 31.6 Å². The van der Waals surface area contributed by atoms with Crippen molar-refractivity contribution < 1.29 is 9.90 Å². The van der Waals surface area contributed by atoms with Crippen LogP contribution in [0, 0.1) is 0 Å². The van der Waals surface area contributed by atoms with Crippen molar-refractivity contribution >= 4 is 11.6 Å². The quantitative estimate of drug-likeness (QED) is 0.572. The van der Waals surface area contributed by atoms with E-state index in [9.17, 15) is 9.90 Å². The van der Waals surface area contributed by atoms with Crippen molar-refractivity contribution in [2.24, 2.45) is 0 Å². The number of H-pyrrole nitrogens is 1. The number of carbonyl (C=O) groups is 1. The van der Waals surface area contributed by atoms with E-state index in [1.165, 1.54) is 0 Å². The second kappa shape index (κ2) is 7.31. The zero-order chi connectivity index (χ0) is 21.4. The number of phenolic OH excluding ortho intramolecular Hbond substituents is 1. The Balaban J connectivity index is 1.96. The molecule has 0 aliphatic carbocycles. The molecule has 0 unspecified atom stereocenters. The van der Waals surface area contributed by atoms with Crippen LogP contribution in [-0.2, 0) is 10.8 Å². The Labute approximate surface area is 170 Å². The Morgan fingerprint density at radius 1 is 0.931 bits per heavy atom. The fraction of sp³-hybridized carbons (Fsp3) is 0.364. The van der Waals surface area contributed by atoms with Crippen LogP contribution in [0.5, 0.6) is 5.75 Å². The minimum Gasteiger partial charge on any atom is -0.508 e. The fourth-order valence-corrected chi connectivity index (χ4v) is 3.48. The molecule has 2 aromatic carbocycles. The van der Waals surface area contributed by atoms with E-state index in [4.69, 9.17) is 0 Å². The van der Waals surface area contributed by atoms with E-state index in [1.54, 1.807) is 36.4 Å². The molecule has 1 aromatic heterocycles. The summed E-state index contributed by atoms with van der Waals surface area (Å²) in [4.78, 5) is 12.9. The van der Waals surface area contributed by atoms with Crippen molar-refractivity contribution in [1.82, 2.24) is 20.6 Å². The fourth-order valence-electron chi connectivity index (χ4n) is 3.48. The first-order valence-corrected chi connectivity index (χ1v) is 9.50. The topological polar surface area (TPSA) is 104 Å². The van der Waals surface area contributed by atoms with Gasteiger partial charge in [-0.2, -0.15) is 5.21 Å². The van der Waals surface area contributed by atoms with Gasteiger partial charge in [-0.05, 0) is 45.9 Å². The smallest absolute Gasteiger partial charge is 0.255 e. The molecule has 3 N–H and O–H groups in total. The largest absolute Gasteiger partial charge is 0.508 e. The molecular formula is C22H27N5O2. The number of benzene rings is 2. The second-order valence-corrected chi connectivity index (χ2v) is 9.15. The lowest BCUT2D eigenvalue weighted by Gasteiger charge is -2.33. The molecule has 0 radical (unpaired) electrons. The third-order valence-corrected chi connectivity index (χ3v) is 4.68. The Morgan fingerprint density at radius 2 is 1.55 bits per heavy atom. The van der Waals surface area contributed by atoms with Gasteiger partial charge in [0, 0.05) is 22.4 Å². The SMILES string of the molecule is CC(C)(C)c1c(O)ccc(NC(=O)c2ccc(-c3nn[nH]n3)cc2)c1C(C)(C)C. The number of nitrogens with zero attached hydrogens (tertiary/aromatic N) is 3. The predicted molar refractivity (Wildman–Crippen MR) is 113 cm³/mol. The maximum absolute atomic E-state index is 12.9. The van der Waals surface area contributed by atoms with E-state index >= 15 is 0 Å². The number of hydrogen-bond acceptors (Lipinski definition) is 5. The zero-order valence-electron chi connectivity index (χ0n) is 17.7. The van der Waals surface area contributed by atoms with Crippen LogP contribution in [0.3, 0.4) is 0 Å². The lowest BCUT2D eigenvalue weighted by molar-refractivity contribution is 0.102. The van der Waals surface area contributed by atoms with Crippen LogP contribution in [0.15, 0.2) is 36.4 Å². The highest BCUT2D eigenvalue weighted by Gasteiger charge is 2.31. The van der Waals surface area contributed by atoms with Crippen molar-refractivity contribution in [3.8, 4) is 17.1 Å². The van der Waals surface area contributed by atoms with Gasteiger partial charge in [0.1, 0.15) is 5.75 Å². The first kappa shape index (κ1) is 20.5. The van der Waals surface area contributed by atoms with E-state index in [1.807, 2.05) is 0 Å². The molecule has 0 saturated heterocycles. The van der Waals surface area contributed by atoms with E-state index < -0.39 is 0 Å². The highest BCUT2D eigenvalue weighted by atomic mass is 16.3. The molecular weight excluding hydrogens is 366 g/mol. The van der Waals surface area contributed by atoms with E-state index in [0.29, 0.717) is 17.1 Å². The van der Waals surface area contributed by atoms with Crippen molar-refractivity contribution in [2.75, 3.05) is 5.32 Å². The van der Waals surface area contributed by atoms with Gasteiger partial charge in [0.25, 0.3) is 5.91 Å². The number of rotatable bonds is 3. The van der Waals surface area contributed by atoms with Gasteiger partial charge >= 0.3 is 0 Å². The minimum atomic E-state index is -0.278. The average molecular weight is 393 g/mol. The Bertz CT molecular complexity index is 1010. The number of aromatic hydroxyl groups is 1. The van der Waals surface area contributed by atoms with Crippen LogP contribution >= 0.6 is 0 Å². The third-order valence-electron chi connectivity index (χ3n) is 4.68. The molecule has 0 saturated carbocycles. The standard InChI is InChI=1S/C22H27N5O2/c1-21(2,3)17-15(11-12-16(28)18(17)22(4,5)6)23-20(29)14-9-7-13(8-10-14)19-24-26-27-25-19/h7-12,28H,1-6H3,(H,23,29)(H,24,25,26,27). The third kappa shape index (κ3) is 4.29. The van der Waals surface area contributed by atoms with Crippen molar-refractivity contribution in [3.63, 3.8) is 0 Å². The molecule has 0 atom stereocenters. The number of aromatic amines is 1. The first-order valence-electron chi connectivity index (χ1n) is 9.50. The van der Waals surface area contributed by atoms with Gasteiger partial charge in [0.2, 0.25) is 5.82 Å². The van der Waals surface area contributed by atoms with Gasteiger partial charge in [-0.15, -0.1) is 10.2 Å². The summed E-state index contributed by atoms with van der Waals surface area (Å²) in [5.41, 5.74) is 3.21. The maximum Gasteiger partial charge on any atom is 0.255 e. The Hall–Kier alpha value is -3.22. The molecule has 1 heterocycles. The molecule has 0 bridgehead atoms. The molecule has 0 aliphatic heterocycles. The normalized spacial score (nSPS) is 12.1. The molecule has 3 rings (SSSR count). The van der Waals surface area contributed by atoms with Crippen LogP contribution in [0.2, 0.25) is 0 Å². The summed E-state index contributed by atoms with van der Waals surface area (Å²) in [5.74, 6) is 0.492. The molecule has 3 aromatic rings. The summed E-state index contributed by atoms with van der Waals surface area (Å²) in [7, 11) is 0. The minimum absolute atomic E-state index is 0.222. The zero-order valence-corrected chi connectivity index (χ0v) is 17.7. The van der Waals surface area contributed by atoms with Gasteiger partial charge in [-0.25, -0.2) is 0 Å². The van der Waals surface area contributed by atoms with Crippen molar-refractivity contribution in [3.05, 3.63) is 53.1 Å². The maximum atomic E-state index is 12.9. The Kier molecular flexibility index (Phi) is 5.17.